The molecule has 0 saturated heterocycles. The molecule has 0 aliphatic heterocycles. The van der Waals surface area contributed by atoms with E-state index < -0.39 is 10.0 Å². The third-order valence-electron chi connectivity index (χ3n) is 4.19. The summed E-state index contributed by atoms with van der Waals surface area (Å²) >= 11 is 0. The number of benzene rings is 2. The van der Waals surface area contributed by atoms with E-state index in [9.17, 15) is 8.42 Å². The van der Waals surface area contributed by atoms with Gasteiger partial charge in [0.1, 0.15) is 6.61 Å². The number of nitrogens with zero attached hydrogens (tertiary/aromatic N) is 4. The Bertz CT molecular complexity index is 1330. The molecular formula is C21H15N5O3S. The molecule has 0 unspecified atom stereocenters. The zero-order chi connectivity index (χ0) is 21.0. The number of rotatable bonds is 6. The second-order valence-electron chi connectivity index (χ2n) is 6.25. The average molecular weight is 417 g/mol. The van der Waals surface area contributed by atoms with Crippen LogP contribution in [-0.4, -0.2) is 23.4 Å². The number of nitriles is 1. The van der Waals surface area contributed by atoms with Crippen molar-refractivity contribution in [2.24, 2.45) is 0 Å². The van der Waals surface area contributed by atoms with Gasteiger partial charge in [-0.25, -0.2) is 18.4 Å². The molecule has 9 heteroatoms. The summed E-state index contributed by atoms with van der Waals surface area (Å²) in [7, 11) is -3.96. The second kappa shape index (κ2) is 8.14. The summed E-state index contributed by atoms with van der Waals surface area (Å²) in [6.45, 7) is 0.168. The van der Waals surface area contributed by atoms with Crippen molar-refractivity contribution in [1.82, 2.24) is 15.0 Å². The molecule has 0 fully saturated rings. The van der Waals surface area contributed by atoms with E-state index in [1.165, 1.54) is 24.3 Å². The molecule has 4 rings (SSSR count). The zero-order valence-corrected chi connectivity index (χ0v) is 16.4. The first-order chi connectivity index (χ1) is 14.5. The molecule has 1 N–H and O–H groups in total. The smallest absolute Gasteiger partial charge is 0.263 e. The number of fused-ring (bicyclic) bond motifs is 1. The van der Waals surface area contributed by atoms with Crippen molar-refractivity contribution in [2.75, 3.05) is 4.72 Å². The van der Waals surface area contributed by atoms with Crippen LogP contribution in [0.3, 0.4) is 0 Å². The van der Waals surface area contributed by atoms with Gasteiger partial charge in [0.2, 0.25) is 5.82 Å². The maximum atomic E-state index is 12.8. The maximum Gasteiger partial charge on any atom is 0.263 e. The van der Waals surface area contributed by atoms with Gasteiger partial charge in [0.15, 0.2) is 0 Å². The van der Waals surface area contributed by atoms with Gasteiger partial charge in [-0.1, -0.05) is 12.1 Å². The highest BCUT2D eigenvalue weighted by atomic mass is 32.2. The number of sulfonamides is 1. The molecule has 2 aromatic carbocycles. The van der Waals surface area contributed by atoms with E-state index in [0.29, 0.717) is 16.6 Å². The third-order valence-corrected chi connectivity index (χ3v) is 5.54. The molecule has 0 aliphatic carbocycles. The molecule has 30 heavy (non-hydrogen) atoms. The highest BCUT2D eigenvalue weighted by molar-refractivity contribution is 7.92. The summed E-state index contributed by atoms with van der Waals surface area (Å²) < 4.78 is 33.9. The fourth-order valence-corrected chi connectivity index (χ4v) is 3.68. The molecule has 0 atom stereocenters. The van der Waals surface area contributed by atoms with Crippen LogP contribution in [0, 0.1) is 11.3 Å². The summed E-state index contributed by atoms with van der Waals surface area (Å²) in [4.78, 5) is 12.8. The summed E-state index contributed by atoms with van der Waals surface area (Å²) in [5.41, 5.74) is 2.30. The van der Waals surface area contributed by atoms with E-state index in [4.69, 9.17) is 10.00 Å². The van der Waals surface area contributed by atoms with Crippen molar-refractivity contribution >= 4 is 26.9 Å². The Morgan fingerprint density at radius 1 is 0.933 bits per heavy atom. The molecule has 148 valence electrons. The van der Waals surface area contributed by atoms with E-state index in [1.807, 2.05) is 12.1 Å². The fourth-order valence-electron chi connectivity index (χ4n) is 2.68. The highest BCUT2D eigenvalue weighted by Crippen LogP contribution is 2.27. The molecule has 2 heterocycles. The Balaban J connectivity index is 1.69. The lowest BCUT2D eigenvalue weighted by atomic mass is 10.2. The van der Waals surface area contributed by atoms with Gasteiger partial charge in [-0.2, -0.15) is 5.26 Å². The number of pyridine rings is 1. The van der Waals surface area contributed by atoms with Gasteiger partial charge in [0.05, 0.1) is 27.6 Å². The topological polar surface area (TPSA) is 118 Å². The molecule has 0 bridgehead atoms. The molecule has 4 aromatic rings. The second-order valence-corrected chi connectivity index (χ2v) is 7.93. The number of para-hydroxylation sites is 2. The first-order valence-electron chi connectivity index (χ1n) is 8.87. The molecule has 0 aliphatic rings. The summed E-state index contributed by atoms with van der Waals surface area (Å²) in [5, 5.41) is 8.90. The van der Waals surface area contributed by atoms with Gasteiger partial charge in [-0.3, -0.25) is 9.71 Å². The van der Waals surface area contributed by atoms with Crippen molar-refractivity contribution in [3.8, 4) is 11.9 Å². The first kappa shape index (κ1) is 19.3. The van der Waals surface area contributed by atoms with Crippen molar-refractivity contribution in [1.29, 1.82) is 5.26 Å². The van der Waals surface area contributed by atoms with E-state index >= 15 is 0 Å². The third kappa shape index (κ3) is 4.19. The van der Waals surface area contributed by atoms with Gasteiger partial charge in [0, 0.05) is 12.4 Å². The predicted octanol–water partition coefficient (Wildman–Crippen LogP) is 3.28. The van der Waals surface area contributed by atoms with Crippen molar-refractivity contribution in [3.05, 3.63) is 84.2 Å². The number of nitrogens with one attached hydrogen (secondary N) is 1. The Kier molecular flexibility index (Phi) is 5.24. The molecule has 0 saturated carbocycles. The van der Waals surface area contributed by atoms with E-state index in [2.05, 4.69) is 19.7 Å². The molecule has 0 amide bonds. The Labute approximate surface area is 172 Å². The van der Waals surface area contributed by atoms with Gasteiger partial charge >= 0.3 is 0 Å². The number of anilines is 1. The van der Waals surface area contributed by atoms with Crippen LogP contribution in [0.5, 0.6) is 5.88 Å². The highest BCUT2D eigenvalue weighted by Gasteiger charge is 2.20. The minimum Gasteiger partial charge on any atom is -0.470 e. The SMILES string of the molecule is N#Cc1ccc(S(=O)(=O)Nc2nc3ccccc3nc2OCc2ccncc2)cc1. The number of hydrogen-bond donors (Lipinski definition) is 1. The van der Waals surface area contributed by atoms with E-state index in [0.717, 1.165) is 5.56 Å². The molecular weight excluding hydrogens is 402 g/mol. The van der Waals surface area contributed by atoms with Crippen molar-refractivity contribution in [2.45, 2.75) is 11.5 Å². The Hall–Kier alpha value is -4.03. The van der Waals surface area contributed by atoms with E-state index in [1.54, 1.807) is 42.7 Å². The van der Waals surface area contributed by atoms with Crippen molar-refractivity contribution < 1.29 is 13.2 Å². The van der Waals surface area contributed by atoms with Crippen LogP contribution in [0.4, 0.5) is 5.82 Å². The number of ether oxygens (including phenoxy) is 1. The summed E-state index contributed by atoms with van der Waals surface area (Å²) in [5.74, 6) is 0.0369. The lowest BCUT2D eigenvalue weighted by Crippen LogP contribution is -2.15. The fraction of sp³-hybridized carbons (Fsp3) is 0.0476. The lowest BCUT2D eigenvalue weighted by molar-refractivity contribution is 0.295. The summed E-state index contributed by atoms with van der Waals surface area (Å²) in [6, 6.07) is 18.2. The largest absolute Gasteiger partial charge is 0.470 e. The minimum absolute atomic E-state index is 0.00320. The Morgan fingerprint density at radius 3 is 2.27 bits per heavy atom. The number of hydrogen-bond acceptors (Lipinski definition) is 7. The van der Waals surface area contributed by atoms with Crippen LogP contribution in [0.25, 0.3) is 11.0 Å². The summed E-state index contributed by atoms with van der Waals surface area (Å²) in [6.07, 6.45) is 3.28. The van der Waals surface area contributed by atoms with Gasteiger partial charge in [-0.05, 0) is 54.1 Å². The lowest BCUT2D eigenvalue weighted by Gasteiger charge is -2.13. The standard InChI is InChI=1S/C21H15N5O3S/c22-13-15-5-7-17(8-6-15)30(27,28)26-20-21(29-14-16-9-11-23-12-10-16)25-19-4-2-1-3-18(19)24-20/h1-12H,14H2,(H,24,26). The Morgan fingerprint density at radius 2 is 1.60 bits per heavy atom. The minimum atomic E-state index is -3.96. The molecule has 2 aromatic heterocycles. The monoisotopic (exact) mass is 417 g/mol. The predicted molar refractivity (Wildman–Crippen MR) is 110 cm³/mol. The van der Waals surface area contributed by atoms with Crippen molar-refractivity contribution in [3.63, 3.8) is 0 Å². The average Bonchev–Trinajstić information content (AvgIpc) is 2.78. The first-order valence-corrected chi connectivity index (χ1v) is 10.3. The van der Waals surface area contributed by atoms with Crippen LogP contribution < -0.4 is 9.46 Å². The van der Waals surface area contributed by atoms with Gasteiger partial charge in [0.25, 0.3) is 15.9 Å². The van der Waals surface area contributed by atoms with Crippen LogP contribution in [0.15, 0.2) is 78.0 Å². The van der Waals surface area contributed by atoms with Crippen LogP contribution in [0.2, 0.25) is 0 Å². The van der Waals surface area contributed by atoms with Crippen LogP contribution >= 0.6 is 0 Å². The molecule has 0 radical (unpaired) electrons. The normalized spacial score (nSPS) is 11.0. The quantitative estimate of drug-likeness (QED) is 0.511. The van der Waals surface area contributed by atoms with E-state index in [-0.39, 0.29) is 23.2 Å². The van der Waals surface area contributed by atoms with Crippen LogP contribution in [-0.2, 0) is 16.6 Å². The maximum absolute atomic E-state index is 12.8. The van der Waals surface area contributed by atoms with Gasteiger partial charge < -0.3 is 4.74 Å². The molecule has 8 nitrogen and oxygen atoms in total. The number of aromatic nitrogens is 3. The molecule has 0 spiro atoms. The van der Waals surface area contributed by atoms with Crippen LogP contribution in [0.1, 0.15) is 11.1 Å². The van der Waals surface area contributed by atoms with Gasteiger partial charge in [-0.15, -0.1) is 0 Å². The zero-order valence-electron chi connectivity index (χ0n) is 15.6.